The van der Waals surface area contributed by atoms with E-state index in [4.69, 9.17) is 15.2 Å². The molecule has 0 amide bonds. The highest BCUT2D eigenvalue weighted by molar-refractivity contribution is 5.92. The van der Waals surface area contributed by atoms with Gasteiger partial charge in [-0.25, -0.2) is 4.79 Å². The summed E-state index contributed by atoms with van der Waals surface area (Å²) in [5.41, 5.74) is 6.17. The molecule has 1 saturated heterocycles. The third-order valence-electron chi connectivity index (χ3n) is 4.49. The highest BCUT2D eigenvalue weighted by atomic mass is 16.5. The standard InChI is InChI=1S/C16H21NO4/c17-11-3-4-14(13(9-11)15(18)19)21-12-5-8-20-16(10-12)6-1-2-7-16/h3-4,9,12H,1-2,5-8,10,17H2,(H,18,19). The van der Waals surface area contributed by atoms with Crippen molar-refractivity contribution in [2.45, 2.75) is 50.2 Å². The molecule has 5 heteroatoms. The first-order valence-corrected chi connectivity index (χ1v) is 7.51. The zero-order chi connectivity index (χ0) is 14.9. The molecule has 114 valence electrons. The number of aromatic carboxylic acids is 1. The molecular weight excluding hydrogens is 270 g/mol. The Bertz CT molecular complexity index is 537. The van der Waals surface area contributed by atoms with Gasteiger partial charge in [0.25, 0.3) is 0 Å². The normalized spacial score (nSPS) is 24.1. The summed E-state index contributed by atoms with van der Waals surface area (Å²) in [5.74, 6) is -0.614. The number of carbonyl (C=O) groups is 1. The topological polar surface area (TPSA) is 81.8 Å². The van der Waals surface area contributed by atoms with Crippen molar-refractivity contribution in [3.8, 4) is 5.75 Å². The van der Waals surface area contributed by atoms with Crippen molar-refractivity contribution in [1.29, 1.82) is 0 Å². The van der Waals surface area contributed by atoms with E-state index in [0.29, 0.717) is 18.0 Å². The summed E-state index contributed by atoms with van der Waals surface area (Å²) < 4.78 is 11.9. The van der Waals surface area contributed by atoms with Crippen LogP contribution in [-0.2, 0) is 4.74 Å². The molecule has 1 saturated carbocycles. The third kappa shape index (κ3) is 2.97. The number of carboxylic acids is 1. The molecule has 0 aromatic heterocycles. The van der Waals surface area contributed by atoms with Crippen molar-refractivity contribution in [3.63, 3.8) is 0 Å². The first kappa shape index (κ1) is 14.2. The number of hydrogen-bond acceptors (Lipinski definition) is 4. The molecule has 0 bridgehead atoms. The van der Waals surface area contributed by atoms with Crippen LogP contribution in [0.5, 0.6) is 5.75 Å². The van der Waals surface area contributed by atoms with Crippen LogP contribution in [0.15, 0.2) is 18.2 Å². The monoisotopic (exact) mass is 291 g/mol. The lowest BCUT2D eigenvalue weighted by molar-refractivity contribution is -0.108. The van der Waals surface area contributed by atoms with Gasteiger partial charge in [-0.2, -0.15) is 0 Å². The largest absolute Gasteiger partial charge is 0.489 e. The Hall–Kier alpha value is -1.75. The summed E-state index contributed by atoms with van der Waals surface area (Å²) in [6, 6.07) is 4.77. The van der Waals surface area contributed by atoms with Gasteiger partial charge in [0.15, 0.2) is 0 Å². The van der Waals surface area contributed by atoms with Crippen molar-refractivity contribution in [3.05, 3.63) is 23.8 Å². The van der Waals surface area contributed by atoms with Crippen LogP contribution >= 0.6 is 0 Å². The summed E-state index contributed by atoms with van der Waals surface area (Å²) >= 11 is 0. The minimum absolute atomic E-state index is 0.0126. The zero-order valence-electron chi connectivity index (χ0n) is 12.0. The Morgan fingerprint density at radius 1 is 1.38 bits per heavy atom. The van der Waals surface area contributed by atoms with E-state index in [0.717, 1.165) is 25.7 Å². The van der Waals surface area contributed by atoms with Crippen LogP contribution in [0.1, 0.15) is 48.9 Å². The van der Waals surface area contributed by atoms with Gasteiger partial charge in [-0.1, -0.05) is 12.8 Å². The predicted octanol–water partition coefficient (Wildman–Crippen LogP) is 2.84. The summed E-state index contributed by atoms with van der Waals surface area (Å²) in [6.07, 6.45) is 6.23. The molecule has 1 heterocycles. The summed E-state index contributed by atoms with van der Waals surface area (Å²) in [5, 5.41) is 9.26. The fourth-order valence-electron chi connectivity index (χ4n) is 3.45. The summed E-state index contributed by atoms with van der Waals surface area (Å²) in [4.78, 5) is 11.3. The van der Waals surface area contributed by atoms with Crippen LogP contribution in [0, 0.1) is 0 Å². The van der Waals surface area contributed by atoms with Crippen molar-refractivity contribution >= 4 is 11.7 Å². The van der Waals surface area contributed by atoms with E-state index in [-0.39, 0.29) is 17.3 Å². The molecule has 1 unspecified atom stereocenters. The first-order valence-electron chi connectivity index (χ1n) is 7.51. The molecule has 1 aliphatic carbocycles. The fraction of sp³-hybridized carbons (Fsp3) is 0.562. The van der Waals surface area contributed by atoms with E-state index in [1.807, 2.05) is 0 Å². The molecule has 0 radical (unpaired) electrons. The Morgan fingerprint density at radius 3 is 2.86 bits per heavy atom. The number of rotatable bonds is 3. The number of nitrogens with two attached hydrogens (primary N) is 1. The minimum Gasteiger partial charge on any atom is -0.489 e. The predicted molar refractivity (Wildman–Crippen MR) is 78.6 cm³/mol. The second-order valence-corrected chi connectivity index (χ2v) is 6.03. The summed E-state index contributed by atoms with van der Waals surface area (Å²) in [7, 11) is 0. The second-order valence-electron chi connectivity index (χ2n) is 6.03. The van der Waals surface area contributed by atoms with Gasteiger partial charge >= 0.3 is 5.97 Å². The van der Waals surface area contributed by atoms with Gasteiger partial charge in [-0.3, -0.25) is 0 Å². The number of hydrogen-bond donors (Lipinski definition) is 2. The van der Waals surface area contributed by atoms with Gasteiger partial charge in [0, 0.05) is 18.5 Å². The number of anilines is 1. The summed E-state index contributed by atoms with van der Waals surface area (Å²) in [6.45, 7) is 0.683. The maximum Gasteiger partial charge on any atom is 0.339 e. The fourth-order valence-corrected chi connectivity index (χ4v) is 3.45. The van der Waals surface area contributed by atoms with Crippen LogP contribution in [0.3, 0.4) is 0 Å². The zero-order valence-corrected chi connectivity index (χ0v) is 12.0. The molecule has 1 aromatic carbocycles. The minimum atomic E-state index is -1.01. The molecule has 2 aliphatic rings. The van der Waals surface area contributed by atoms with Crippen molar-refractivity contribution in [1.82, 2.24) is 0 Å². The molecule has 1 spiro atoms. The molecule has 1 aliphatic heterocycles. The van der Waals surface area contributed by atoms with Gasteiger partial charge < -0.3 is 20.3 Å². The Morgan fingerprint density at radius 2 is 2.14 bits per heavy atom. The molecule has 1 atom stereocenters. The lowest BCUT2D eigenvalue weighted by Gasteiger charge is -2.38. The van der Waals surface area contributed by atoms with Gasteiger partial charge in [0.05, 0.1) is 12.2 Å². The van der Waals surface area contributed by atoms with Gasteiger partial charge in [0.2, 0.25) is 0 Å². The Balaban J connectivity index is 1.75. The Labute approximate surface area is 124 Å². The SMILES string of the molecule is Nc1ccc(OC2CCOC3(CCCC3)C2)c(C(=O)O)c1. The number of carboxylic acid groups (broad SMARTS) is 1. The lowest BCUT2D eigenvalue weighted by atomic mass is 9.90. The molecule has 2 fully saturated rings. The van der Waals surface area contributed by atoms with Crippen LogP contribution in [-0.4, -0.2) is 29.4 Å². The van der Waals surface area contributed by atoms with Crippen LogP contribution < -0.4 is 10.5 Å². The number of nitrogen functional groups attached to an aromatic ring is 1. The van der Waals surface area contributed by atoms with Crippen molar-refractivity contribution < 1.29 is 19.4 Å². The maximum atomic E-state index is 11.3. The van der Waals surface area contributed by atoms with Crippen molar-refractivity contribution in [2.24, 2.45) is 0 Å². The smallest absolute Gasteiger partial charge is 0.339 e. The first-order chi connectivity index (χ1) is 10.1. The van der Waals surface area contributed by atoms with E-state index in [1.165, 1.54) is 18.9 Å². The molecular formula is C16H21NO4. The average molecular weight is 291 g/mol. The van der Waals surface area contributed by atoms with Gasteiger partial charge in [-0.15, -0.1) is 0 Å². The Kier molecular flexibility index (Phi) is 3.76. The lowest BCUT2D eigenvalue weighted by Crippen LogP contribution is -2.41. The number of benzene rings is 1. The molecule has 1 aromatic rings. The van der Waals surface area contributed by atoms with Crippen LogP contribution in [0.25, 0.3) is 0 Å². The maximum absolute atomic E-state index is 11.3. The van der Waals surface area contributed by atoms with Crippen LogP contribution in [0.2, 0.25) is 0 Å². The average Bonchev–Trinajstić information content (AvgIpc) is 2.88. The van der Waals surface area contributed by atoms with E-state index in [2.05, 4.69) is 0 Å². The highest BCUT2D eigenvalue weighted by Crippen LogP contribution is 2.41. The van der Waals surface area contributed by atoms with Crippen LogP contribution in [0.4, 0.5) is 5.69 Å². The second kappa shape index (κ2) is 5.56. The highest BCUT2D eigenvalue weighted by Gasteiger charge is 2.40. The third-order valence-corrected chi connectivity index (χ3v) is 4.49. The quantitative estimate of drug-likeness (QED) is 0.837. The van der Waals surface area contributed by atoms with E-state index in [9.17, 15) is 9.90 Å². The van der Waals surface area contributed by atoms with E-state index >= 15 is 0 Å². The van der Waals surface area contributed by atoms with Crippen molar-refractivity contribution in [2.75, 3.05) is 12.3 Å². The molecule has 3 N–H and O–H groups in total. The molecule has 21 heavy (non-hydrogen) atoms. The molecule has 5 nitrogen and oxygen atoms in total. The van der Waals surface area contributed by atoms with Gasteiger partial charge in [0.1, 0.15) is 17.4 Å². The number of ether oxygens (including phenoxy) is 2. The van der Waals surface area contributed by atoms with E-state index < -0.39 is 5.97 Å². The molecule has 3 rings (SSSR count). The van der Waals surface area contributed by atoms with E-state index in [1.54, 1.807) is 12.1 Å². The van der Waals surface area contributed by atoms with Gasteiger partial charge in [-0.05, 0) is 31.0 Å².